The van der Waals surface area contributed by atoms with Crippen LogP contribution < -0.4 is 10.2 Å². The Bertz CT molecular complexity index is 839. The zero-order valence-electron chi connectivity index (χ0n) is 17.3. The first kappa shape index (κ1) is 22.2. The first-order valence-corrected chi connectivity index (χ1v) is 11.8. The Morgan fingerprint density at radius 3 is 2.33 bits per heavy atom. The highest BCUT2D eigenvalue weighted by molar-refractivity contribution is 6.36. The smallest absolute Gasteiger partial charge is 0.0670 e. The molecule has 2 fully saturated rings. The molecule has 2 saturated heterocycles. The third kappa shape index (κ3) is 5.24. The largest absolute Gasteiger partial charge is 0.361 e. The number of hydrogen-bond acceptors (Lipinski definition) is 4. The van der Waals surface area contributed by atoms with E-state index in [1.165, 1.54) is 5.56 Å². The van der Waals surface area contributed by atoms with Crippen molar-refractivity contribution in [2.24, 2.45) is 0 Å². The van der Waals surface area contributed by atoms with Gasteiger partial charge in [-0.05, 0) is 42.8 Å². The summed E-state index contributed by atoms with van der Waals surface area (Å²) >= 11 is 18.9. The van der Waals surface area contributed by atoms with Crippen LogP contribution in [0.3, 0.4) is 0 Å². The van der Waals surface area contributed by atoms with Crippen LogP contribution in [0.1, 0.15) is 18.5 Å². The molecule has 2 atom stereocenters. The predicted molar refractivity (Wildman–Crippen MR) is 128 cm³/mol. The molecule has 4 rings (SSSR count). The molecule has 1 N–H and O–H groups in total. The van der Waals surface area contributed by atoms with E-state index in [2.05, 4.69) is 39.1 Å². The molecule has 0 aromatic heterocycles. The molecule has 2 heterocycles. The van der Waals surface area contributed by atoms with Crippen LogP contribution in [0.2, 0.25) is 15.1 Å². The first-order valence-electron chi connectivity index (χ1n) is 10.7. The number of hydrogen-bond donors (Lipinski definition) is 1. The van der Waals surface area contributed by atoms with Crippen LogP contribution in [0.15, 0.2) is 42.5 Å². The summed E-state index contributed by atoms with van der Waals surface area (Å²) < 4.78 is 0. The number of anilines is 1. The first-order chi connectivity index (χ1) is 14.5. The lowest BCUT2D eigenvalue weighted by Crippen LogP contribution is -2.54. The average molecular weight is 468 g/mol. The van der Waals surface area contributed by atoms with Crippen LogP contribution in [0.25, 0.3) is 0 Å². The van der Waals surface area contributed by atoms with Crippen molar-refractivity contribution < 1.29 is 0 Å². The lowest BCUT2D eigenvalue weighted by Gasteiger charge is -2.45. The molecule has 7 heteroatoms. The van der Waals surface area contributed by atoms with E-state index < -0.39 is 0 Å². The Kier molecular flexibility index (Phi) is 7.45. The predicted octanol–water partition coefficient (Wildman–Crippen LogP) is 4.80. The fourth-order valence-electron chi connectivity index (χ4n) is 4.59. The molecule has 2 aromatic carbocycles. The van der Waals surface area contributed by atoms with Crippen molar-refractivity contribution >= 4 is 40.5 Å². The van der Waals surface area contributed by atoms with Gasteiger partial charge in [-0.3, -0.25) is 9.80 Å². The molecule has 0 saturated carbocycles. The van der Waals surface area contributed by atoms with E-state index in [1.54, 1.807) is 0 Å². The Morgan fingerprint density at radius 2 is 1.63 bits per heavy atom. The van der Waals surface area contributed by atoms with Crippen molar-refractivity contribution in [1.82, 2.24) is 15.1 Å². The van der Waals surface area contributed by atoms with Crippen LogP contribution in [-0.4, -0.2) is 68.2 Å². The maximum absolute atomic E-state index is 6.59. The van der Waals surface area contributed by atoms with Crippen molar-refractivity contribution in [3.63, 3.8) is 0 Å². The van der Waals surface area contributed by atoms with Gasteiger partial charge in [0.15, 0.2) is 0 Å². The summed E-state index contributed by atoms with van der Waals surface area (Å²) in [5, 5.41) is 5.56. The number of piperazine rings is 2. The maximum atomic E-state index is 6.59. The molecular weight excluding hydrogens is 439 g/mol. The Balaban J connectivity index is 1.54. The minimum atomic E-state index is 0.213. The molecule has 1 unspecified atom stereocenters. The van der Waals surface area contributed by atoms with Crippen molar-refractivity contribution in [3.05, 3.63) is 63.1 Å². The number of nitrogens with zero attached hydrogens (tertiary/aromatic N) is 3. The van der Waals surface area contributed by atoms with Crippen LogP contribution >= 0.6 is 34.8 Å². The van der Waals surface area contributed by atoms with Gasteiger partial charge >= 0.3 is 0 Å². The standard InChI is InChI=1S/C23H29Cl3N4/c1-17(29-10-8-27-9-11-29)15-28-12-13-30(22-7-6-20(25)14-21(22)26)23(16-28)18-2-4-19(24)5-3-18/h2-7,14,17,23,27H,8-13,15-16H2,1H3/t17?,23-/m0/s1. The molecule has 0 radical (unpaired) electrons. The Morgan fingerprint density at radius 1 is 0.933 bits per heavy atom. The lowest BCUT2D eigenvalue weighted by molar-refractivity contribution is 0.122. The summed E-state index contributed by atoms with van der Waals surface area (Å²) in [6.45, 7) is 10.7. The summed E-state index contributed by atoms with van der Waals surface area (Å²) in [4.78, 5) is 7.59. The third-order valence-electron chi connectivity index (χ3n) is 6.24. The lowest BCUT2D eigenvalue weighted by atomic mass is 10.0. The molecule has 30 heavy (non-hydrogen) atoms. The molecule has 2 aromatic rings. The Labute approximate surface area is 194 Å². The number of rotatable bonds is 5. The fourth-order valence-corrected chi connectivity index (χ4v) is 5.23. The van der Waals surface area contributed by atoms with E-state index in [9.17, 15) is 0 Å². The number of nitrogens with one attached hydrogen (secondary N) is 1. The van der Waals surface area contributed by atoms with Crippen LogP contribution in [0.4, 0.5) is 5.69 Å². The number of halogens is 3. The molecule has 0 aliphatic carbocycles. The minimum absolute atomic E-state index is 0.213. The summed E-state index contributed by atoms with van der Waals surface area (Å²) in [5.74, 6) is 0. The summed E-state index contributed by atoms with van der Waals surface area (Å²) in [7, 11) is 0. The second-order valence-electron chi connectivity index (χ2n) is 8.25. The van der Waals surface area contributed by atoms with Gasteiger partial charge in [0.2, 0.25) is 0 Å². The van der Waals surface area contributed by atoms with E-state index >= 15 is 0 Å². The monoisotopic (exact) mass is 466 g/mol. The highest BCUT2D eigenvalue weighted by atomic mass is 35.5. The van der Waals surface area contributed by atoms with Gasteiger partial charge in [0.25, 0.3) is 0 Å². The van der Waals surface area contributed by atoms with Crippen molar-refractivity contribution in [2.75, 3.05) is 57.3 Å². The van der Waals surface area contributed by atoms with Crippen LogP contribution in [-0.2, 0) is 0 Å². The SMILES string of the molecule is CC(CN1CCN(c2ccc(Cl)cc2Cl)[C@H](c2ccc(Cl)cc2)C1)N1CCNCC1. The normalized spacial score (nSPS) is 22.3. The van der Waals surface area contributed by atoms with Gasteiger partial charge in [0, 0.05) is 68.4 Å². The maximum Gasteiger partial charge on any atom is 0.0670 e. The summed E-state index contributed by atoms with van der Waals surface area (Å²) in [6, 6.07) is 14.7. The molecule has 0 spiro atoms. The van der Waals surface area contributed by atoms with E-state index in [0.717, 1.165) is 63.1 Å². The van der Waals surface area contributed by atoms with Gasteiger partial charge in [-0.25, -0.2) is 0 Å². The quantitative estimate of drug-likeness (QED) is 0.681. The summed E-state index contributed by atoms with van der Waals surface area (Å²) in [5.41, 5.74) is 2.29. The zero-order chi connectivity index (χ0) is 21.1. The van der Waals surface area contributed by atoms with E-state index in [4.69, 9.17) is 34.8 Å². The third-order valence-corrected chi connectivity index (χ3v) is 7.03. The van der Waals surface area contributed by atoms with Crippen molar-refractivity contribution in [2.45, 2.75) is 19.0 Å². The minimum Gasteiger partial charge on any atom is -0.361 e. The van der Waals surface area contributed by atoms with Gasteiger partial charge < -0.3 is 10.2 Å². The highest BCUT2D eigenvalue weighted by Crippen LogP contribution is 2.36. The van der Waals surface area contributed by atoms with E-state index in [0.29, 0.717) is 16.1 Å². The average Bonchev–Trinajstić information content (AvgIpc) is 2.75. The van der Waals surface area contributed by atoms with E-state index in [-0.39, 0.29) is 6.04 Å². The van der Waals surface area contributed by atoms with Gasteiger partial charge in [-0.1, -0.05) is 46.9 Å². The summed E-state index contributed by atoms with van der Waals surface area (Å²) in [6.07, 6.45) is 0. The van der Waals surface area contributed by atoms with Crippen LogP contribution in [0, 0.1) is 0 Å². The second-order valence-corrected chi connectivity index (χ2v) is 9.53. The van der Waals surface area contributed by atoms with Gasteiger partial charge in [-0.2, -0.15) is 0 Å². The molecule has 2 aliphatic rings. The van der Waals surface area contributed by atoms with Gasteiger partial charge in [-0.15, -0.1) is 0 Å². The molecule has 162 valence electrons. The molecule has 0 amide bonds. The number of benzene rings is 2. The fraction of sp³-hybridized carbons (Fsp3) is 0.478. The Hall–Kier alpha value is -1.01. The van der Waals surface area contributed by atoms with Gasteiger partial charge in [0.1, 0.15) is 0 Å². The van der Waals surface area contributed by atoms with E-state index in [1.807, 2.05) is 30.3 Å². The topological polar surface area (TPSA) is 21.8 Å². The molecule has 2 aliphatic heterocycles. The van der Waals surface area contributed by atoms with Crippen LogP contribution in [0.5, 0.6) is 0 Å². The second kappa shape index (κ2) is 10.1. The van der Waals surface area contributed by atoms with Crippen molar-refractivity contribution in [3.8, 4) is 0 Å². The molecular formula is C23H29Cl3N4. The molecule has 4 nitrogen and oxygen atoms in total. The van der Waals surface area contributed by atoms with Crippen molar-refractivity contribution in [1.29, 1.82) is 0 Å². The zero-order valence-corrected chi connectivity index (χ0v) is 19.6. The highest BCUT2D eigenvalue weighted by Gasteiger charge is 2.31. The molecule has 0 bridgehead atoms. The van der Waals surface area contributed by atoms with Gasteiger partial charge in [0.05, 0.1) is 16.8 Å².